The van der Waals surface area contributed by atoms with Gasteiger partial charge in [0.1, 0.15) is 0 Å². The van der Waals surface area contributed by atoms with Gasteiger partial charge in [0.2, 0.25) is 0 Å². The van der Waals surface area contributed by atoms with Gasteiger partial charge in [0.05, 0.1) is 17.7 Å². The zero-order valence-corrected chi connectivity index (χ0v) is 12.9. The number of nitrogens with one attached hydrogen (secondary N) is 1. The highest BCUT2D eigenvalue weighted by molar-refractivity contribution is 9.10. The molecule has 0 fully saturated rings. The predicted molar refractivity (Wildman–Crippen MR) is 79.3 cm³/mol. The predicted octanol–water partition coefficient (Wildman–Crippen LogP) is 2.84. The molecule has 0 radical (unpaired) electrons. The van der Waals surface area contributed by atoms with Gasteiger partial charge in [-0.2, -0.15) is 0 Å². The van der Waals surface area contributed by atoms with E-state index in [9.17, 15) is 4.79 Å². The van der Waals surface area contributed by atoms with E-state index in [0.29, 0.717) is 18.7 Å². The van der Waals surface area contributed by atoms with E-state index in [2.05, 4.69) is 21.2 Å². The second kappa shape index (κ2) is 5.75. The van der Waals surface area contributed by atoms with Gasteiger partial charge >= 0.3 is 5.97 Å². The SMILES string of the molecule is CCOC(=O)c1c(CNC)n(C)c2cc(Br)ccc12. The molecule has 2 aromatic rings. The lowest BCUT2D eigenvalue weighted by Gasteiger charge is -2.06. The first-order valence-corrected chi connectivity index (χ1v) is 6.98. The topological polar surface area (TPSA) is 43.3 Å². The average molecular weight is 325 g/mol. The van der Waals surface area contributed by atoms with E-state index >= 15 is 0 Å². The van der Waals surface area contributed by atoms with Gasteiger partial charge in [0, 0.05) is 29.1 Å². The number of rotatable bonds is 4. The van der Waals surface area contributed by atoms with Crippen LogP contribution in [0.2, 0.25) is 0 Å². The van der Waals surface area contributed by atoms with Crippen LogP contribution < -0.4 is 5.32 Å². The summed E-state index contributed by atoms with van der Waals surface area (Å²) in [5.74, 6) is -0.263. The summed E-state index contributed by atoms with van der Waals surface area (Å²) in [4.78, 5) is 12.2. The van der Waals surface area contributed by atoms with Crippen LogP contribution in [-0.4, -0.2) is 24.2 Å². The molecule has 0 saturated carbocycles. The zero-order chi connectivity index (χ0) is 14.0. The van der Waals surface area contributed by atoms with E-state index in [1.807, 2.05) is 43.8 Å². The van der Waals surface area contributed by atoms with Crippen molar-refractivity contribution in [2.75, 3.05) is 13.7 Å². The van der Waals surface area contributed by atoms with Crippen molar-refractivity contribution in [1.29, 1.82) is 0 Å². The Morgan fingerprint density at radius 2 is 2.21 bits per heavy atom. The molecular weight excluding hydrogens is 308 g/mol. The van der Waals surface area contributed by atoms with E-state index in [1.54, 1.807) is 0 Å². The number of esters is 1. The molecule has 0 unspecified atom stereocenters. The van der Waals surface area contributed by atoms with Crippen LogP contribution in [0.3, 0.4) is 0 Å². The number of aromatic nitrogens is 1. The Hall–Kier alpha value is -1.33. The highest BCUT2D eigenvalue weighted by Gasteiger charge is 2.21. The van der Waals surface area contributed by atoms with Crippen molar-refractivity contribution >= 4 is 32.8 Å². The van der Waals surface area contributed by atoms with Gasteiger partial charge in [-0.05, 0) is 26.1 Å². The molecule has 1 aromatic heterocycles. The van der Waals surface area contributed by atoms with E-state index in [0.717, 1.165) is 21.1 Å². The molecule has 0 atom stereocenters. The molecule has 1 aromatic carbocycles. The van der Waals surface area contributed by atoms with Crippen LogP contribution in [0.15, 0.2) is 22.7 Å². The largest absolute Gasteiger partial charge is 0.462 e. The van der Waals surface area contributed by atoms with Gasteiger partial charge in [0.25, 0.3) is 0 Å². The molecule has 0 aliphatic carbocycles. The third-order valence-corrected chi connectivity index (χ3v) is 3.60. The normalized spacial score (nSPS) is 10.9. The number of fused-ring (bicyclic) bond motifs is 1. The molecule has 5 heteroatoms. The summed E-state index contributed by atoms with van der Waals surface area (Å²) in [7, 11) is 3.83. The summed E-state index contributed by atoms with van der Waals surface area (Å²) < 4.78 is 8.20. The van der Waals surface area contributed by atoms with Crippen LogP contribution in [0.25, 0.3) is 10.9 Å². The first kappa shape index (κ1) is 14.1. The maximum Gasteiger partial charge on any atom is 0.340 e. The molecule has 0 amide bonds. The maximum absolute atomic E-state index is 12.2. The Balaban J connectivity index is 2.70. The molecule has 102 valence electrons. The molecule has 1 N–H and O–H groups in total. The lowest BCUT2D eigenvalue weighted by Crippen LogP contribution is -2.14. The van der Waals surface area contributed by atoms with E-state index in [4.69, 9.17) is 4.74 Å². The Labute approximate surface area is 120 Å². The third kappa shape index (κ3) is 2.53. The smallest absolute Gasteiger partial charge is 0.340 e. The minimum absolute atomic E-state index is 0.263. The number of hydrogen-bond donors (Lipinski definition) is 1. The molecule has 19 heavy (non-hydrogen) atoms. The monoisotopic (exact) mass is 324 g/mol. The van der Waals surface area contributed by atoms with E-state index < -0.39 is 0 Å². The van der Waals surface area contributed by atoms with Crippen LogP contribution in [0.4, 0.5) is 0 Å². The molecule has 1 heterocycles. The fraction of sp³-hybridized carbons (Fsp3) is 0.357. The summed E-state index contributed by atoms with van der Waals surface area (Å²) in [5.41, 5.74) is 2.61. The van der Waals surface area contributed by atoms with Gasteiger partial charge < -0.3 is 14.6 Å². The highest BCUT2D eigenvalue weighted by Crippen LogP contribution is 2.28. The van der Waals surface area contributed by atoms with Crippen molar-refractivity contribution in [2.24, 2.45) is 7.05 Å². The first-order chi connectivity index (χ1) is 9.10. The number of halogens is 1. The summed E-state index contributed by atoms with van der Waals surface area (Å²) in [5, 5.41) is 4.02. The molecule has 0 saturated heterocycles. The lowest BCUT2D eigenvalue weighted by molar-refractivity contribution is 0.0527. The molecule has 0 bridgehead atoms. The van der Waals surface area contributed by atoms with Crippen LogP contribution in [0.1, 0.15) is 23.0 Å². The van der Waals surface area contributed by atoms with E-state index in [-0.39, 0.29) is 5.97 Å². The van der Waals surface area contributed by atoms with Crippen LogP contribution in [0, 0.1) is 0 Å². The second-order valence-corrected chi connectivity index (χ2v) is 5.21. The molecule has 0 aliphatic heterocycles. The van der Waals surface area contributed by atoms with Gasteiger partial charge in [-0.1, -0.05) is 22.0 Å². The quantitative estimate of drug-likeness (QED) is 0.879. The van der Waals surface area contributed by atoms with Gasteiger partial charge in [-0.3, -0.25) is 0 Å². The summed E-state index contributed by atoms with van der Waals surface area (Å²) in [6.07, 6.45) is 0. The van der Waals surface area contributed by atoms with Crippen molar-refractivity contribution in [3.05, 3.63) is 33.9 Å². The number of aryl methyl sites for hydroxylation is 1. The Morgan fingerprint density at radius 1 is 1.47 bits per heavy atom. The van der Waals surface area contributed by atoms with Crippen LogP contribution in [0.5, 0.6) is 0 Å². The fourth-order valence-electron chi connectivity index (χ4n) is 2.27. The Bertz CT molecular complexity index is 619. The third-order valence-electron chi connectivity index (χ3n) is 3.11. The van der Waals surface area contributed by atoms with Crippen LogP contribution >= 0.6 is 15.9 Å². The van der Waals surface area contributed by atoms with Crippen molar-refractivity contribution in [2.45, 2.75) is 13.5 Å². The number of carbonyl (C=O) groups is 1. The fourth-order valence-corrected chi connectivity index (χ4v) is 2.62. The van der Waals surface area contributed by atoms with Gasteiger partial charge in [-0.15, -0.1) is 0 Å². The number of ether oxygens (including phenoxy) is 1. The number of carbonyl (C=O) groups excluding carboxylic acids is 1. The summed E-state index contributed by atoms with van der Waals surface area (Å²) >= 11 is 3.46. The zero-order valence-electron chi connectivity index (χ0n) is 11.3. The van der Waals surface area contributed by atoms with E-state index in [1.165, 1.54) is 0 Å². The van der Waals surface area contributed by atoms with Crippen molar-refractivity contribution in [1.82, 2.24) is 9.88 Å². The summed E-state index contributed by atoms with van der Waals surface area (Å²) in [6, 6.07) is 5.90. The number of hydrogen-bond acceptors (Lipinski definition) is 3. The minimum Gasteiger partial charge on any atom is -0.462 e. The second-order valence-electron chi connectivity index (χ2n) is 4.29. The standard InChI is InChI=1S/C14H17BrN2O2/c1-4-19-14(18)13-10-6-5-9(15)7-11(10)17(3)12(13)8-16-2/h5-7,16H,4,8H2,1-3H3. The average Bonchev–Trinajstić information content (AvgIpc) is 2.64. The lowest BCUT2D eigenvalue weighted by atomic mass is 10.1. The molecule has 2 rings (SSSR count). The maximum atomic E-state index is 12.2. The summed E-state index contributed by atoms with van der Waals surface area (Å²) in [6.45, 7) is 2.82. The molecular formula is C14H17BrN2O2. The highest BCUT2D eigenvalue weighted by atomic mass is 79.9. The molecule has 0 aliphatic rings. The van der Waals surface area contributed by atoms with Gasteiger partial charge in [0.15, 0.2) is 0 Å². The number of benzene rings is 1. The van der Waals surface area contributed by atoms with Crippen molar-refractivity contribution < 1.29 is 9.53 Å². The van der Waals surface area contributed by atoms with Crippen LogP contribution in [-0.2, 0) is 18.3 Å². The Morgan fingerprint density at radius 3 is 2.84 bits per heavy atom. The van der Waals surface area contributed by atoms with Crippen molar-refractivity contribution in [3.8, 4) is 0 Å². The van der Waals surface area contributed by atoms with Crippen molar-refractivity contribution in [3.63, 3.8) is 0 Å². The Kier molecular flexibility index (Phi) is 4.27. The van der Waals surface area contributed by atoms with Gasteiger partial charge in [-0.25, -0.2) is 4.79 Å². The first-order valence-electron chi connectivity index (χ1n) is 6.18. The minimum atomic E-state index is -0.263. The molecule has 4 nitrogen and oxygen atoms in total. The number of nitrogens with zero attached hydrogens (tertiary/aromatic N) is 1. The molecule has 0 spiro atoms.